The number of aromatic carboxylic acids is 1. The highest BCUT2D eigenvalue weighted by Gasteiger charge is 2.26. The van der Waals surface area contributed by atoms with Crippen LogP contribution in [0.15, 0.2) is 64.5 Å². The molecule has 2 aromatic rings. The van der Waals surface area contributed by atoms with Crippen molar-refractivity contribution in [3.8, 4) is 0 Å². The summed E-state index contributed by atoms with van der Waals surface area (Å²) in [5.41, 5.74) is 1.26. The van der Waals surface area contributed by atoms with Crippen molar-refractivity contribution >= 4 is 35.1 Å². The van der Waals surface area contributed by atoms with Crippen LogP contribution in [0, 0.1) is 0 Å². The number of thioether (sulfide) groups is 1. The smallest absolute Gasteiger partial charge is 0.335 e. The van der Waals surface area contributed by atoms with Gasteiger partial charge in [0.2, 0.25) is 11.7 Å². The highest BCUT2D eigenvalue weighted by Crippen LogP contribution is 2.40. The van der Waals surface area contributed by atoms with Gasteiger partial charge in [0.05, 0.1) is 10.5 Å². The van der Waals surface area contributed by atoms with E-state index in [4.69, 9.17) is 5.11 Å². The van der Waals surface area contributed by atoms with E-state index in [2.05, 4.69) is 0 Å². The van der Waals surface area contributed by atoms with Crippen molar-refractivity contribution in [1.82, 2.24) is 0 Å². The van der Waals surface area contributed by atoms with Crippen molar-refractivity contribution < 1.29 is 19.5 Å². The normalized spacial score (nSPS) is 14.5. The maximum atomic E-state index is 12.4. The second kappa shape index (κ2) is 6.33. The van der Waals surface area contributed by atoms with Crippen LogP contribution in [0.2, 0.25) is 0 Å². The summed E-state index contributed by atoms with van der Waals surface area (Å²) in [7, 11) is 0. The van der Waals surface area contributed by atoms with Gasteiger partial charge in [-0.3, -0.25) is 14.5 Å². The van der Waals surface area contributed by atoms with E-state index in [9.17, 15) is 14.4 Å². The third kappa shape index (κ3) is 2.96. The van der Waals surface area contributed by atoms with Gasteiger partial charge >= 0.3 is 5.97 Å². The maximum absolute atomic E-state index is 12.4. The SMILES string of the molecule is CC(=O)N(C=C1Sc2ccccc2C1=O)c1ccc(C(=O)O)cc1. The summed E-state index contributed by atoms with van der Waals surface area (Å²) in [6, 6.07) is 13.2. The number of hydrogen-bond acceptors (Lipinski definition) is 4. The van der Waals surface area contributed by atoms with Crippen molar-refractivity contribution in [3.63, 3.8) is 0 Å². The Morgan fingerprint density at radius 1 is 1.08 bits per heavy atom. The summed E-state index contributed by atoms with van der Waals surface area (Å²) in [6.07, 6.45) is 1.51. The molecule has 0 aliphatic carbocycles. The van der Waals surface area contributed by atoms with Crippen LogP contribution in [0.25, 0.3) is 0 Å². The second-order valence-electron chi connectivity index (χ2n) is 5.16. The highest BCUT2D eigenvalue weighted by molar-refractivity contribution is 8.04. The minimum atomic E-state index is -1.04. The van der Waals surface area contributed by atoms with Crippen LogP contribution in [0.1, 0.15) is 27.6 Å². The molecule has 5 nitrogen and oxygen atoms in total. The molecule has 0 saturated heterocycles. The van der Waals surface area contributed by atoms with E-state index in [1.165, 1.54) is 41.9 Å². The van der Waals surface area contributed by atoms with Gasteiger partial charge in [-0.2, -0.15) is 0 Å². The topological polar surface area (TPSA) is 74.7 Å². The average molecular weight is 339 g/mol. The Labute approximate surface area is 142 Å². The number of carboxylic acids is 1. The number of amides is 1. The van der Waals surface area contributed by atoms with Gasteiger partial charge in [-0.15, -0.1) is 0 Å². The Kier molecular flexibility index (Phi) is 4.22. The van der Waals surface area contributed by atoms with Gasteiger partial charge in [-0.25, -0.2) is 4.79 Å². The van der Waals surface area contributed by atoms with E-state index in [0.717, 1.165) is 4.90 Å². The lowest BCUT2D eigenvalue weighted by Crippen LogP contribution is -2.23. The molecular formula is C18H13NO4S. The van der Waals surface area contributed by atoms with Crippen LogP contribution in [-0.2, 0) is 4.79 Å². The predicted molar refractivity (Wildman–Crippen MR) is 91.3 cm³/mol. The van der Waals surface area contributed by atoms with E-state index < -0.39 is 5.97 Å². The number of anilines is 1. The van der Waals surface area contributed by atoms with Crippen LogP contribution in [-0.4, -0.2) is 22.8 Å². The van der Waals surface area contributed by atoms with Crippen molar-refractivity contribution in [2.45, 2.75) is 11.8 Å². The Balaban J connectivity index is 1.94. The van der Waals surface area contributed by atoms with E-state index in [-0.39, 0.29) is 17.3 Å². The van der Waals surface area contributed by atoms with Crippen LogP contribution in [0.4, 0.5) is 5.69 Å². The van der Waals surface area contributed by atoms with Gasteiger partial charge in [-0.05, 0) is 36.4 Å². The molecule has 0 aromatic heterocycles. The Morgan fingerprint density at radius 3 is 2.33 bits per heavy atom. The molecule has 1 aliphatic rings. The molecule has 1 amide bonds. The van der Waals surface area contributed by atoms with E-state index in [1.807, 2.05) is 12.1 Å². The first-order valence-corrected chi connectivity index (χ1v) is 7.95. The van der Waals surface area contributed by atoms with Gasteiger partial charge < -0.3 is 5.11 Å². The molecule has 3 rings (SSSR count). The fraction of sp³-hybridized carbons (Fsp3) is 0.0556. The number of Topliss-reactive ketones (excluding diaryl/α,β-unsaturated/α-hetero) is 1. The molecule has 2 aromatic carbocycles. The summed E-state index contributed by atoms with van der Waals surface area (Å²) in [5, 5.41) is 8.95. The molecule has 1 N–H and O–H groups in total. The zero-order chi connectivity index (χ0) is 17.3. The summed E-state index contributed by atoms with van der Waals surface area (Å²) in [5.74, 6) is -1.43. The number of rotatable bonds is 3. The van der Waals surface area contributed by atoms with Crippen molar-refractivity contribution in [1.29, 1.82) is 0 Å². The molecule has 0 spiro atoms. The lowest BCUT2D eigenvalue weighted by Gasteiger charge is -2.17. The van der Waals surface area contributed by atoms with Crippen molar-refractivity contribution in [2.24, 2.45) is 0 Å². The fourth-order valence-electron chi connectivity index (χ4n) is 2.35. The molecule has 0 fully saturated rings. The minimum Gasteiger partial charge on any atom is -0.478 e. The molecule has 120 valence electrons. The number of allylic oxidation sites excluding steroid dienone is 1. The summed E-state index contributed by atoms with van der Waals surface area (Å²) < 4.78 is 0. The van der Waals surface area contributed by atoms with Gasteiger partial charge in [0.15, 0.2) is 0 Å². The Hall–Kier alpha value is -2.86. The number of carboxylic acid groups (broad SMARTS) is 1. The Morgan fingerprint density at radius 2 is 1.75 bits per heavy atom. The van der Waals surface area contributed by atoms with Crippen LogP contribution < -0.4 is 4.90 Å². The molecule has 0 bridgehead atoms. The predicted octanol–water partition coefficient (Wildman–Crippen LogP) is 3.57. The minimum absolute atomic E-state index is 0.121. The molecule has 1 aliphatic heterocycles. The first kappa shape index (κ1) is 16.0. The molecule has 0 saturated carbocycles. The molecular weight excluding hydrogens is 326 g/mol. The number of ketones is 1. The van der Waals surface area contributed by atoms with Crippen molar-refractivity contribution in [3.05, 3.63) is 70.8 Å². The number of benzene rings is 2. The number of carbonyl (C=O) groups is 3. The monoisotopic (exact) mass is 339 g/mol. The maximum Gasteiger partial charge on any atom is 0.335 e. The summed E-state index contributed by atoms with van der Waals surface area (Å²) in [4.78, 5) is 38.0. The molecule has 6 heteroatoms. The molecule has 1 heterocycles. The quantitative estimate of drug-likeness (QED) is 0.865. The number of fused-ring (bicyclic) bond motifs is 1. The summed E-state index contributed by atoms with van der Waals surface area (Å²) >= 11 is 1.32. The standard InChI is InChI=1S/C18H13NO4S/c1-11(20)19(13-8-6-12(7-9-13)18(22)23)10-16-17(21)14-4-2-3-5-15(14)24-16/h2-10H,1H3,(H,22,23). The summed E-state index contributed by atoms with van der Waals surface area (Å²) in [6.45, 7) is 1.39. The van der Waals surface area contributed by atoms with Gasteiger partial charge in [0, 0.05) is 29.3 Å². The Bertz CT molecular complexity index is 871. The average Bonchev–Trinajstić information content (AvgIpc) is 2.89. The molecule has 24 heavy (non-hydrogen) atoms. The molecule has 0 atom stereocenters. The van der Waals surface area contributed by atoms with Gasteiger partial charge in [-0.1, -0.05) is 23.9 Å². The number of carbonyl (C=O) groups excluding carboxylic acids is 2. The third-order valence-corrected chi connectivity index (χ3v) is 4.64. The largest absolute Gasteiger partial charge is 0.478 e. The lowest BCUT2D eigenvalue weighted by molar-refractivity contribution is -0.116. The van der Waals surface area contributed by atoms with E-state index in [0.29, 0.717) is 16.2 Å². The highest BCUT2D eigenvalue weighted by atomic mass is 32.2. The van der Waals surface area contributed by atoms with Crippen LogP contribution in [0.3, 0.4) is 0 Å². The van der Waals surface area contributed by atoms with Crippen LogP contribution >= 0.6 is 11.8 Å². The third-order valence-electron chi connectivity index (χ3n) is 3.55. The van der Waals surface area contributed by atoms with E-state index >= 15 is 0 Å². The first-order chi connectivity index (χ1) is 11.5. The lowest BCUT2D eigenvalue weighted by atomic mass is 10.1. The van der Waals surface area contributed by atoms with Gasteiger partial charge in [0.25, 0.3) is 0 Å². The van der Waals surface area contributed by atoms with Crippen molar-refractivity contribution in [2.75, 3.05) is 4.90 Å². The second-order valence-corrected chi connectivity index (χ2v) is 6.25. The first-order valence-electron chi connectivity index (χ1n) is 7.14. The molecule has 0 unspecified atom stereocenters. The van der Waals surface area contributed by atoms with E-state index in [1.54, 1.807) is 24.3 Å². The fourth-order valence-corrected chi connectivity index (χ4v) is 3.37. The molecule has 0 radical (unpaired) electrons. The number of hydrogen-bond donors (Lipinski definition) is 1. The van der Waals surface area contributed by atoms with Gasteiger partial charge in [0.1, 0.15) is 0 Å². The number of nitrogens with zero attached hydrogens (tertiary/aromatic N) is 1. The zero-order valence-electron chi connectivity index (χ0n) is 12.7. The van der Waals surface area contributed by atoms with Crippen LogP contribution in [0.5, 0.6) is 0 Å². The zero-order valence-corrected chi connectivity index (χ0v) is 13.5.